The number of aliphatic hydroxyl groups excluding tert-OH is 2. The summed E-state index contributed by atoms with van der Waals surface area (Å²) in [5.41, 5.74) is 5.22. The molecule has 6 rings (SSSR count). The molecular weight excluding hydrogens is 530 g/mol. The predicted octanol–water partition coefficient (Wildman–Crippen LogP) is 3.12. The summed E-state index contributed by atoms with van der Waals surface area (Å²) in [5, 5.41) is 25.1. The number of benzene rings is 2. The molecule has 1 fully saturated rings. The average molecular weight is 564 g/mol. The normalized spacial score (nSPS) is 20.6. The number of aromatic nitrogens is 2. The van der Waals surface area contributed by atoms with Gasteiger partial charge in [-0.15, -0.1) is 0 Å². The van der Waals surface area contributed by atoms with Crippen molar-refractivity contribution in [3.8, 4) is 11.3 Å². The van der Waals surface area contributed by atoms with Gasteiger partial charge in [0.15, 0.2) is 0 Å². The molecule has 2 unspecified atom stereocenters. The molecule has 3 aliphatic heterocycles. The number of anilines is 1. The summed E-state index contributed by atoms with van der Waals surface area (Å²) in [5.74, 6) is 0.362. The Bertz CT molecular complexity index is 1380. The highest BCUT2D eigenvalue weighted by Crippen LogP contribution is 2.32. The number of aliphatic hydroxyl groups is 2. The van der Waals surface area contributed by atoms with Gasteiger partial charge in [0.2, 0.25) is 5.95 Å². The highest BCUT2D eigenvalue weighted by atomic mass is 35.5. The van der Waals surface area contributed by atoms with Crippen LogP contribution < -0.4 is 5.32 Å². The first kappa shape index (κ1) is 27.1. The van der Waals surface area contributed by atoms with E-state index in [0.717, 1.165) is 30.4 Å². The second-order valence-electron chi connectivity index (χ2n) is 10.8. The SMILES string of the molecule is O=C1c2cc(-c3nc(NC4CCOCC4)ncc3Cl)ccc2CN1CC(O)N1CCc2ccccc2CC1CO. The third kappa shape index (κ3) is 5.57. The minimum Gasteiger partial charge on any atom is -0.395 e. The van der Waals surface area contributed by atoms with E-state index < -0.39 is 6.23 Å². The number of rotatable bonds is 7. The first-order chi connectivity index (χ1) is 19.5. The van der Waals surface area contributed by atoms with Crippen molar-refractivity contribution >= 4 is 23.5 Å². The lowest BCUT2D eigenvalue weighted by Gasteiger charge is -2.34. The molecule has 2 aromatic carbocycles. The lowest BCUT2D eigenvalue weighted by molar-refractivity contribution is -0.0505. The molecule has 1 saturated heterocycles. The van der Waals surface area contributed by atoms with E-state index in [0.29, 0.717) is 55.0 Å². The Labute approximate surface area is 238 Å². The molecule has 0 aliphatic carbocycles. The van der Waals surface area contributed by atoms with E-state index in [1.807, 2.05) is 35.2 Å². The van der Waals surface area contributed by atoms with Crippen LogP contribution in [0.5, 0.6) is 0 Å². The molecule has 9 nitrogen and oxygen atoms in total. The summed E-state index contributed by atoms with van der Waals surface area (Å²) in [6.45, 7) is 2.54. The number of ether oxygens (including phenoxy) is 1. The quantitative estimate of drug-likeness (QED) is 0.402. The minimum absolute atomic E-state index is 0.0615. The molecule has 0 saturated carbocycles. The smallest absolute Gasteiger partial charge is 0.254 e. The first-order valence-electron chi connectivity index (χ1n) is 13.9. The van der Waals surface area contributed by atoms with Crippen molar-refractivity contribution in [3.63, 3.8) is 0 Å². The zero-order valence-corrected chi connectivity index (χ0v) is 23.1. The molecule has 40 heavy (non-hydrogen) atoms. The number of nitrogens with zero attached hydrogens (tertiary/aromatic N) is 4. The van der Waals surface area contributed by atoms with Gasteiger partial charge in [-0.2, -0.15) is 0 Å². The molecule has 0 bridgehead atoms. The van der Waals surface area contributed by atoms with Crippen LogP contribution in [0.4, 0.5) is 5.95 Å². The van der Waals surface area contributed by atoms with E-state index in [-0.39, 0.29) is 31.1 Å². The highest BCUT2D eigenvalue weighted by Gasteiger charge is 2.34. The van der Waals surface area contributed by atoms with Gasteiger partial charge in [0, 0.05) is 49.5 Å². The van der Waals surface area contributed by atoms with Gasteiger partial charge in [0.25, 0.3) is 5.91 Å². The number of β-amino-alcohol motifs (C(OH)–C–C–N with tert-alkyl or cyclic N) is 1. The first-order valence-corrected chi connectivity index (χ1v) is 14.3. The minimum atomic E-state index is -0.890. The second-order valence-corrected chi connectivity index (χ2v) is 11.2. The molecule has 4 heterocycles. The Morgan fingerprint density at radius 3 is 2.73 bits per heavy atom. The maximum absolute atomic E-state index is 13.5. The molecule has 0 spiro atoms. The van der Waals surface area contributed by atoms with Gasteiger partial charge in [-0.3, -0.25) is 9.69 Å². The topological polar surface area (TPSA) is 111 Å². The molecule has 1 aromatic heterocycles. The van der Waals surface area contributed by atoms with Crippen molar-refractivity contribution in [1.29, 1.82) is 0 Å². The zero-order chi connectivity index (χ0) is 27.6. The van der Waals surface area contributed by atoms with Crippen LogP contribution in [0.1, 0.15) is 39.9 Å². The van der Waals surface area contributed by atoms with Crippen molar-refractivity contribution in [2.75, 3.05) is 38.2 Å². The van der Waals surface area contributed by atoms with Crippen LogP contribution in [-0.4, -0.2) is 87.1 Å². The van der Waals surface area contributed by atoms with Crippen LogP contribution in [0, 0.1) is 0 Å². The molecule has 3 aliphatic rings. The van der Waals surface area contributed by atoms with Crippen LogP contribution in [0.15, 0.2) is 48.7 Å². The van der Waals surface area contributed by atoms with Gasteiger partial charge in [0.05, 0.1) is 30.1 Å². The van der Waals surface area contributed by atoms with E-state index in [2.05, 4.69) is 27.4 Å². The fourth-order valence-electron chi connectivity index (χ4n) is 5.99. The zero-order valence-electron chi connectivity index (χ0n) is 22.3. The van der Waals surface area contributed by atoms with Gasteiger partial charge in [0.1, 0.15) is 6.23 Å². The molecule has 210 valence electrons. The summed E-state index contributed by atoms with van der Waals surface area (Å²) in [4.78, 5) is 26.1. The molecule has 0 radical (unpaired) electrons. The molecular formula is C30H34ClN5O4. The number of carbonyl (C=O) groups excluding carboxylic acids is 1. The van der Waals surface area contributed by atoms with Gasteiger partial charge >= 0.3 is 0 Å². The number of fused-ring (bicyclic) bond motifs is 2. The summed E-state index contributed by atoms with van der Waals surface area (Å²) in [6.07, 6.45) is 3.91. The maximum Gasteiger partial charge on any atom is 0.254 e. The number of nitrogens with one attached hydrogen (secondary N) is 1. The number of hydrogen-bond donors (Lipinski definition) is 3. The number of halogens is 1. The Hall–Kier alpha value is -3.08. The van der Waals surface area contributed by atoms with E-state index in [4.69, 9.17) is 16.3 Å². The van der Waals surface area contributed by atoms with Gasteiger partial charge in [-0.25, -0.2) is 9.97 Å². The van der Waals surface area contributed by atoms with E-state index >= 15 is 0 Å². The molecule has 1 amide bonds. The van der Waals surface area contributed by atoms with E-state index in [1.165, 1.54) is 11.1 Å². The summed E-state index contributed by atoms with van der Waals surface area (Å²) in [6, 6.07) is 13.9. The lowest BCUT2D eigenvalue weighted by Crippen LogP contribution is -2.51. The highest BCUT2D eigenvalue weighted by molar-refractivity contribution is 6.33. The number of amides is 1. The number of hydrogen-bond acceptors (Lipinski definition) is 8. The van der Waals surface area contributed by atoms with Crippen molar-refractivity contribution in [2.45, 2.75) is 50.5 Å². The Kier molecular flexibility index (Phi) is 8.00. The van der Waals surface area contributed by atoms with Gasteiger partial charge in [-0.05, 0) is 48.4 Å². The van der Waals surface area contributed by atoms with Crippen molar-refractivity contribution in [1.82, 2.24) is 19.8 Å². The Morgan fingerprint density at radius 2 is 1.93 bits per heavy atom. The summed E-state index contributed by atoms with van der Waals surface area (Å²) in [7, 11) is 0. The van der Waals surface area contributed by atoms with Crippen LogP contribution in [-0.2, 0) is 24.1 Å². The maximum atomic E-state index is 13.5. The Balaban J connectivity index is 1.16. The van der Waals surface area contributed by atoms with Crippen LogP contribution in [0.25, 0.3) is 11.3 Å². The standard InChI is InChI=1S/C30H34ClN5O4/c31-26-15-32-30(33-23-8-11-40-12-9-23)34-28(26)21-5-6-22-16-35(29(39)25(22)14-21)17-27(38)36-10-7-19-3-1-2-4-20(19)13-24(36)18-37/h1-6,14-15,23-24,27,37-38H,7-13,16-18H2,(H,32,33,34). The number of carbonyl (C=O) groups is 1. The summed E-state index contributed by atoms with van der Waals surface area (Å²) < 4.78 is 5.43. The van der Waals surface area contributed by atoms with Crippen LogP contribution >= 0.6 is 11.6 Å². The molecule has 3 aromatic rings. The van der Waals surface area contributed by atoms with Crippen LogP contribution in [0.3, 0.4) is 0 Å². The third-order valence-electron chi connectivity index (χ3n) is 8.22. The van der Waals surface area contributed by atoms with Crippen molar-refractivity contribution in [2.24, 2.45) is 0 Å². The molecule has 2 atom stereocenters. The van der Waals surface area contributed by atoms with Gasteiger partial charge in [-0.1, -0.05) is 48.0 Å². The second kappa shape index (κ2) is 11.8. The molecule has 3 N–H and O–H groups in total. The Morgan fingerprint density at radius 1 is 1.12 bits per heavy atom. The third-order valence-corrected chi connectivity index (χ3v) is 8.50. The van der Waals surface area contributed by atoms with Crippen molar-refractivity contribution < 1.29 is 19.7 Å². The van der Waals surface area contributed by atoms with E-state index in [1.54, 1.807) is 11.1 Å². The monoisotopic (exact) mass is 563 g/mol. The predicted molar refractivity (Wildman–Crippen MR) is 152 cm³/mol. The summed E-state index contributed by atoms with van der Waals surface area (Å²) >= 11 is 6.49. The fourth-order valence-corrected chi connectivity index (χ4v) is 6.19. The fraction of sp³-hybridized carbons (Fsp3) is 0.433. The van der Waals surface area contributed by atoms with Crippen LogP contribution in [0.2, 0.25) is 5.02 Å². The average Bonchev–Trinajstić information content (AvgIpc) is 3.15. The van der Waals surface area contributed by atoms with Crippen molar-refractivity contribution in [3.05, 3.63) is 75.9 Å². The largest absolute Gasteiger partial charge is 0.395 e. The van der Waals surface area contributed by atoms with Gasteiger partial charge < -0.3 is 25.2 Å². The van der Waals surface area contributed by atoms with E-state index in [9.17, 15) is 15.0 Å². The molecule has 10 heteroatoms. The lowest BCUT2D eigenvalue weighted by atomic mass is 10.0.